The number of hydrogen-bond acceptors (Lipinski definition) is 3. The third-order valence-electron chi connectivity index (χ3n) is 3.54. The molecule has 1 aliphatic heterocycles. The van der Waals surface area contributed by atoms with E-state index in [1.165, 1.54) is 25.1 Å². The number of halogens is 1. The maximum absolute atomic E-state index is 13.5. The van der Waals surface area contributed by atoms with Crippen LogP contribution in [0.3, 0.4) is 0 Å². The molecule has 1 aromatic rings. The van der Waals surface area contributed by atoms with Gasteiger partial charge in [-0.05, 0) is 44.5 Å². The molecule has 2 unspecified atom stereocenters. The van der Waals surface area contributed by atoms with Gasteiger partial charge in [0.2, 0.25) is 11.8 Å². The lowest BCUT2D eigenvalue weighted by Crippen LogP contribution is -2.40. The van der Waals surface area contributed by atoms with Crippen LogP contribution in [0.4, 0.5) is 15.8 Å². The molecule has 21 heavy (non-hydrogen) atoms. The molecule has 6 heteroatoms. The molecule has 0 radical (unpaired) electrons. The van der Waals surface area contributed by atoms with Crippen molar-refractivity contribution in [3.63, 3.8) is 0 Å². The van der Waals surface area contributed by atoms with E-state index in [1.807, 2.05) is 6.92 Å². The second-order valence-corrected chi connectivity index (χ2v) is 5.44. The standard InChI is InChI=1S/C15H20FN3O2/c1-9-7-11(5-6-17-9)15(21)19-12-3-4-13(16)14(8-12)18-10(2)20/h3-4,8-9,11,17H,5-7H2,1-2H3,(H,18,20)(H,19,21). The number of carbonyl (C=O) groups excluding carboxylic acids is 2. The number of amides is 2. The van der Waals surface area contributed by atoms with Crippen molar-refractivity contribution in [1.29, 1.82) is 0 Å². The van der Waals surface area contributed by atoms with Crippen LogP contribution in [-0.4, -0.2) is 24.4 Å². The fourth-order valence-corrected chi connectivity index (χ4v) is 2.50. The van der Waals surface area contributed by atoms with Gasteiger partial charge >= 0.3 is 0 Å². The molecule has 0 aromatic heterocycles. The summed E-state index contributed by atoms with van der Waals surface area (Å²) in [5.74, 6) is -0.998. The summed E-state index contributed by atoms with van der Waals surface area (Å²) in [5.41, 5.74) is 0.551. The molecule has 1 aliphatic rings. The van der Waals surface area contributed by atoms with Gasteiger partial charge in [-0.1, -0.05) is 0 Å². The average Bonchev–Trinajstić information content (AvgIpc) is 2.42. The van der Waals surface area contributed by atoms with E-state index in [1.54, 1.807) is 0 Å². The van der Waals surface area contributed by atoms with Gasteiger partial charge in [0.1, 0.15) is 5.82 Å². The van der Waals surface area contributed by atoms with Crippen LogP contribution < -0.4 is 16.0 Å². The van der Waals surface area contributed by atoms with Crippen molar-refractivity contribution < 1.29 is 14.0 Å². The number of carbonyl (C=O) groups is 2. The summed E-state index contributed by atoms with van der Waals surface area (Å²) in [6.07, 6.45) is 1.57. The third kappa shape index (κ3) is 4.26. The van der Waals surface area contributed by atoms with E-state index in [0.29, 0.717) is 11.7 Å². The Morgan fingerprint density at radius 1 is 1.33 bits per heavy atom. The number of nitrogens with one attached hydrogen (secondary N) is 3. The van der Waals surface area contributed by atoms with Gasteiger partial charge in [-0.2, -0.15) is 0 Å². The van der Waals surface area contributed by atoms with Crippen LogP contribution in [-0.2, 0) is 9.59 Å². The van der Waals surface area contributed by atoms with Crippen LogP contribution in [0.5, 0.6) is 0 Å². The van der Waals surface area contributed by atoms with E-state index in [2.05, 4.69) is 16.0 Å². The molecule has 5 nitrogen and oxygen atoms in total. The Kier molecular flexibility index (Phi) is 4.90. The van der Waals surface area contributed by atoms with Crippen LogP contribution >= 0.6 is 0 Å². The lowest BCUT2D eigenvalue weighted by molar-refractivity contribution is -0.120. The summed E-state index contributed by atoms with van der Waals surface area (Å²) in [4.78, 5) is 23.2. The lowest BCUT2D eigenvalue weighted by Gasteiger charge is -2.27. The fourth-order valence-electron chi connectivity index (χ4n) is 2.50. The first-order chi connectivity index (χ1) is 9.95. The normalized spacial score (nSPS) is 21.7. The number of piperidine rings is 1. The van der Waals surface area contributed by atoms with E-state index in [4.69, 9.17) is 0 Å². The summed E-state index contributed by atoms with van der Waals surface area (Å²) in [7, 11) is 0. The zero-order valence-corrected chi connectivity index (χ0v) is 12.2. The van der Waals surface area contributed by atoms with Gasteiger partial charge in [-0.15, -0.1) is 0 Å². The highest BCUT2D eigenvalue weighted by Crippen LogP contribution is 2.22. The predicted molar refractivity (Wildman–Crippen MR) is 79.5 cm³/mol. The minimum absolute atomic E-state index is 0.0458. The Morgan fingerprint density at radius 3 is 2.76 bits per heavy atom. The minimum atomic E-state index is -0.529. The first-order valence-electron chi connectivity index (χ1n) is 7.07. The smallest absolute Gasteiger partial charge is 0.227 e. The molecule has 0 aliphatic carbocycles. The van der Waals surface area contributed by atoms with E-state index < -0.39 is 5.82 Å². The van der Waals surface area contributed by atoms with Gasteiger partial charge in [0.05, 0.1) is 5.69 Å². The van der Waals surface area contributed by atoms with E-state index in [0.717, 1.165) is 19.4 Å². The van der Waals surface area contributed by atoms with E-state index >= 15 is 0 Å². The molecule has 2 rings (SSSR count). The number of rotatable bonds is 3. The van der Waals surface area contributed by atoms with Crippen LogP contribution in [0.15, 0.2) is 18.2 Å². The van der Waals surface area contributed by atoms with E-state index in [-0.39, 0.29) is 23.4 Å². The van der Waals surface area contributed by atoms with Gasteiger partial charge in [0.15, 0.2) is 0 Å². The van der Waals surface area contributed by atoms with Crippen LogP contribution in [0.1, 0.15) is 26.7 Å². The summed E-state index contributed by atoms with van der Waals surface area (Å²) in [5, 5.41) is 8.48. The molecule has 2 amide bonds. The van der Waals surface area contributed by atoms with Crippen molar-refractivity contribution >= 4 is 23.2 Å². The largest absolute Gasteiger partial charge is 0.326 e. The molecule has 0 spiro atoms. The molecular formula is C15H20FN3O2. The van der Waals surface area contributed by atoms with Crippen molar-refractivity contribution in [1.82, 2.24) is 5.32 Å². The zero-order valence-electron chi connectivity index (χ0n) is 12.2. The summed E-state index contributed by atoms with van der Waals surface area (Å²) < 4.78 is 13.5. The van der Waals surface area contributed by atoms with Crippen molar-refractivity contribution in [2.75, 3.05) is 17.2 Å². The van der Waals surface area contributed by atoms with Crippen molar-refractivity contribution in [2.24, 2.45) is 5.92 Å². The Bertz CT molecular complexity index is 548. The molecule has 2 atom stereocenters. The van der Waals surface area contributed by atoms with Crippen molar-refractivity contribution in [3.05, 3.63) is 24.0 Å². The molecule has 0 saturated carbocycles. The second kappa shape index (κ2) is 6.67. The Morgan fingerprint density at radius 2 is 2.10 bits per heavy atom. The quantitative estimate of drug-likeness (QED) is 0.799. The molecule has 1 aromatic carbocycles. The number of hydrogen-bond donors (Lipinski definition) is 3. The topological polar surface area (TPSA) is 70.2 Å². The lowest BCUT2D eigenvalue weighted by atomic mass is 9.92. The molecule has 0 bridgehead atoms. The summed E-state index contributed by atoms with van der Waals surface area (Å²) in [6.45, 7) is 4.17. The number of anilines is 2. The van der Waals surface area contributed by atoms with E-state index in [9.17, 15) is 14.0 Å². The summed E-state index contributed by atoms with van der Waals surface area (Å²) in [6, 6.07) is 4.46. The molecule has 3 N–H and O–H groups in total. The van der Waals surface area contributed by atoms with Gasteiger partial charge in [-0.3, -0.25) is 9.59 Å². The highest BCUT2D eigenvalue weighted by Gasteiger charge is 2.24. The average molecular weight is 293 g/mol. The molecular weight excluding hydrogens is 273 g/mol. The van der Waals surface area contributed by atoms with Crippen LogP contribution in [0, 0.1) is 11.7 Å². The second-order valence-electron chi connectivity index (χ2n) is 5.44. The Labute approximate surface area is 123 Å². The van der Waals surface area contributed by atoms with Gasteiger partial charge in [0, 0.05) is 24.6 Å². The predicted octanol–water partition coefficient (Wildman–Crippen LogP) is 2.11. The minimum Gasteiger partial charge on any atom is -0.326 e. The maximum Gasteiger partial charge on any atom is 0.227 e. The van der Waals surface area contributed by atoms with Crippen LogP contribution in [0.2, 0.25) is 0 Å². The summed E-state index contributed by atoms with van der Waals surface area (Å²) >= 11 is 0. The third-order valence-corrected chi connectivity index (χ3v) is 3.54. The first-order valence-corrected chi connectivity index (χ1v) is 7.07. The van der Waals surface area contributed by atoms with Gasteiger partial charge < -0.3 is 16.0 Å². The van der Waals surface area contributed by atoms with Gasteiger partial charge in [0.25, 0.3) is 0 Å². The van der Waals surface area contributed by atoms with Crippen molar-refractivity contribution in [2.45, 2.75) is 32.7 Å². The van der Waals surface area contributed by atoms with Crippen molar-refractivity contribution in [3.8, 4) is 0 Å². The highest BCUT2D eigenvalue weighted by atomic mass is 19.1. The van der Waals surface area contributed by atoms with Gasteiger partial charge in [-0.25, -0.2) is 4.39 Å². The SMILES string of the molecule is CC(=O)Nc1cc(NC(=O)C2CCNC(C)C2)ccc1F. The highest BCUT2D eigenvalue weighted by molar-refractivity contribution is 5.94. The molecule has 114 valence electrons. The monoisotopic (exact) mass is 293 g/mol. The zero-order chi connectivity index (χ0) is 15.4. The first kappa shape index (κ1) is 15.4. The Hall–Kier alpha value is -1.95. The maximum atomic E-state index is 13.5. The fraction of sp³-hybridized carbons (Fsp3) is 0.467. The molecule has 1 fully saturated rings. The van der Waals surface area contributed by atoms with Crippen LogP contribution in [0.25, 0.3) is 0 Å². The molecule has 1 saturated heterocycles. The Balaban J connectivity index is 2.05. The molecule has 1 heterocycles. The number of benzene rings is 1.